The first kappa shape index (κ1) is 21.1. The van der Waals surface area contributed by atoms with Gasteiger partial charge in [0.15, 0.2) is 0 Å². The number of nitrogens with one attached hydrogen (secondary N) is 1. The minimum absolute atomic E-state index is 0.0125. The smallest absolute Gasteiger partial charge is 0.221 e. The normalized spacial score (nSPS) is 25.3. The molecule has 1 aromatic carbocycles. The summed E-state index contributed by atoms with van der Waals surface area (Å²) in [5.41, 5.74) is 1.28. The third-order valence-electron chi connectivity index (χ3n) is 6.53. The Balaban J connectivity index is 1.32. The van der Waals surface area contributed by atoms with E-state index in [9.17, 15) is 18.1 Å². The minimum atomic E-state index is -3.19. The number of aromatic nitrogens is 2. The van der Waals surface area contributed by atoms with Gasteiger partial charge in [-0.15, -0.1) is 0 Å². The van der Waals surface area contributed by atoms with Gasteiger partial charge in [0.25, 0.3) is 0 Å². The number of nitriles is 1. The average Bonchev–Trinajstić information content (AvgIpc) is 3.58. The maximum absolute atomic E-state index is 13.4. The van der Waals surface area contributed by atoms with Crippen LogP contribution in [0.5, 0.6) is 5.88 Å². The number of nitrogens with zero attached hydrogens (tertiary/aromatic N) is 4. The van der Waals surface area contributed by atoms with Crippen molar-refractivity contribution in [2.45, 2.75) is 68.9 Å². The highest BCUT2D eigenvalue weighted by molar-refractivity contribution is 7.90. The van der Waals surface area contributed by atoms with Gasteiger partial charge in [0.05, 0.1) is 22.1 Å². The quantitative estimate of drug-likeness (QED) is 0.708. The zero-order chi connectivity index (χ0) is 22.5. The molecule has 168 valence electrons. The van der Waals surface area contributed by atoms with E-state index in [0.717, 1.165) is 31.7 Å². The SMILES string of the molecule is Cc1c(Nc2ccc(F)cc2C#N)ncnc1OC1C[C@@H]2CC[C@@H](C1)N2S(=O)(=O)C1CC1. The van der Waals surface area contributed by atoms with Crippen molar-refractivity contribution in [1.29, 1.82) is 5.26 Å². The molecule has 3 aliphatic rings. The predicted molar refractivity (Wildman–Crippen MR) is 115 cm³/mol. The number of ether oxygens (including phenoxy) is 1. The van der Waals surface area contributed by atoms with Crippen molar-refractivity contribution in [3.63, 3.8) is 0 Å². The second-order valence-electron chi connectivity index (χ2n) is 8.75. The molecule has 1 aliphatic carbocycles. The Morgan fingerprint density at radius 2 is 1.91 bits per heavy atom. The molecule has 10 heteroatoms. The van der Waals surface area contributed by atoms with E-state index in [4.69, 9.17) is 4.74 Å². The first-order valence-electron chi connectivity index (χ1n) is 10.8. The van der Waals surface area contributed by atoms with Gasteiger partial charge < -0.3 is 10.1 Å². The van der Waals surface area contributed by atoms with E-state index in [0.29, 0.717) is 35.8 Å². The van der Waals surface area contributed by atoms with Crippen LogP contribution in [0.15, 0.2) is 24.5 Å². The highest BCUT2D eigenvalue weighted by Gasteiger charge is 2.52. The summed E-state index contributed by atoms with van der Waals surface area (Å²) in [6.45, 7) is 1.81. The summed E-state index contributed by atoms with van der Waals surface area (Å²) in [5, 5.41) is 12.1. The molecule has 5 rings (SSSR count). The van der Waals surface area contributed by atoms with Crippen molar-refractivity contribution in [3.8, 4) is 11.9 Å². The molecule has 1 saturated carbocycles. The first-order valence-corrected chi connectivity index (χ1v) is 12.3. The summed E-state index contributed by atoms with van der Waals surface area (Å²) in [7, 11) is -3.19. The summed E-state index contributed by atoms with van der Waals surface area (Å²) in [6.07, 6.45) is 5.82. The van der Waals surface area contributed by atoms with Crippen LogP contribution in [0.4, 0.5) is 15.9 Å². The van der Waals surface area contributed by atoms with Gasteiger partial charge in [-0.1, -0.05) is 0 Å². The van der Waals surface area contributed by atoms with Gasteiger partial charge in [-0.05, 0) is 50.8 Å². The molecule has 2 atom stereocenters. The summed E-state index contributed by atoms with van der Waals surface area (Å²) in [6, 6.07) is 5.87. The van der Waals surface area contributed by atoms with Gasteiger partial charge in [-0.3, -0.25) is 0 Å². The molecular formula is C22H24FN5O3S. The van der Waals surface area contributed by atoms with Crippen LogP contribution < -0.4 is 10.1 Å². The van der Waals surface area contributed by atoms with E-state index in [1.54, 1.807) is 4.31 Å². The molecule has 3 heterocycles. The number of piperidine rings is 1. The molecule has 0 radical (unpaired) electrons. The topological polar surface area (TPSA) is 108 Å². The monoisotopic (exact) mass is 457 g/mol. The molecule has 2 aromatic rings. The Kier molecular flexibility index (Phi) is 5.26. The Morgan fingerprint density at radius 1 is 1.19 bits per heavy atom. The van der Waals surface area contributed by atoms with E-state index < -0.39 is 15.8 Å². The van der Waals surface area contributed by atoms with Gasteiger partial charge in [0.1, 0.15) is 30.1 Å². The molecule has 0 spiro atoms. The van der Waals surface area contributed by atoms with Crippen LogP contribution in [0, 0.1) is 24.1 Å². The van der Waals surface area contributed by atoms with E-state index in [-0.39, 0.29) is 29.0 Å². The van der Waals surface area contributed by atoms with Crippen molar-refractivity contribution < 1.29 is 17.5 Å². The third-order valence-corrected chi connectivity index (χ3v) is 9.03. The van der Waals surface area contributed by atoms with E-state index >= 15 is 0 Å². The molecule has 2 saturated heterocycles. The Labute approximate surface area is 186 Å². The number of halogens is 1. The molecule has 0 unspecified atom stereocenters. The van der Waals surface area contributed by atoms with Crippen molar-refractivity contribution in [3.05, 3.63) is 41.5 Å². The Hall–Kier alpha value is -2.77. The largest absolute Gasteiger partial charge is 0.474 e. The highest BCUT2D eigenvalue weighted by atomic mass is 32.2. The number of sulfonamides is 1. The third kappa shape index (κ3) is 3.80. The fourth-order valence-corrected chi connectivity index (χ4v) is 7.11. The van der Waals surface area contributed by atoms with Crippen LogP contribution in [0.3, 0.4) is 0 Å². The molecule has 1 N–H and O–H groups in total. The van der Waals surface area contributed by atoms with Crippen LogP contribution in [-0.2, 0) is 10.0 Å². The molecule has 8 nitrogen and oxygen atoms in total. The standard InChI is InChI=1S/C22H24FN5O3S/c1-13-21(27-20-7-2-15(23)8-14(20)11-24)25-12-26-22(13)31-18-9-16-3-4-17(10-18)28(16)32(29,30)19-5-6-19/h2,7-8,12,16-19H,3-6,9-10H2,1H3,(H,25,26,27)/t16-,17-/m0/s1. The lowest BCUT2D eigenvalue weighted by atomic mass is 10.0. The Morgan fingerprint density at radius 3 is 2.56 bits per heavy atom. The molecule has 2 bridgehead atoms. The number of anilines is 2. The van der Waals surface area contributed by atoms with Crippen molar-refractivity contribution in [2.75, 3.05) is 5.32 Å². The number of benzene rings is 1. The summed E-state index contributed by atoms with van der Waals surface area (Å²) in [5.74, 6) is 0.404. The van der Waals surface area contributed by atoms with Crippen molar-refractivity contribution in [1.82, 2.24) is 14.3 Å². The maximum atomic E-state index is 13.4. The molecule has 1 aromatic heterocycles. The minimum Gasteiger partial charge on any atom is -0.474 e. The van der Waals surface area contributed by atoms with Gasteiger partial charge in [0, 0.05) is 24.9 Å². The molecule has 32 heavy (non-hydrogen) atoms. The molecule has 0 amide bonds. The van der Waals surface area contributed by atoms with Gasteiger partial charge in [0.2, 0.25) is 15.9 Å². The number of hydrogen-bond donors (Lipinski definition) is 1. The summed E-state index contributed by atoms with van der Waals surface area (Å²) in [4.78, 5) is 8.52. The van der Waals surface area contributed by atoms with Gasteiger partial charge in [-0.25, -0.2) is 22.8 Å². The van der Waals surface area contributed by atoms with Crippen LogP contribution >= 0.6 is 0 Å². The van der Waals surface area contributed by atoms with Gasteiger partial charge in [-0.2, -0.15) is 9.57 Å². The van der Waals surface area contributed by atoms with Crippen LogP contribution in [0.1, 0.15) is 49.7 Å². The fourth-order valence-electron chi connectivity index (χ4n) is 4.82. The zero-order valence-corrected chi connectivity index (χ0v) is 18.5. The maximum Gasteiger partial charge on any atom is 0.221 e. The first-order chi connectivity index (χ1) is 15.4. The number of rotatable bonds is 6. The van der Waals surface area contributed by atoms with E-state index in [2.05, 4.69) is 15.3 Å². The highest BCUT2D eigenvalue weighted by Crippen LogP contribution is 2.43. The molecular weight excluding hydrogens is 433 g/mol. The fraction of sp³-hybridized carbons (Fsp3) is 0.500. The lowest BCUT2D eigenvalue weighted by molar-refractivity contribution is 0.0910. The number of hydrogen-bond acceptors (Lipinski definition) is 7. The van der Waals surface area contributed by atoms with Gasteiger partial charge >= 0.3 is 0 Å². The van der Waals surface area contributed by atoms with Crippen LogP contribution in [0.25, 0.3) is 0 Å². The lowest BCUT2D eigenvalue weighted by Gasteiger charge is -2.37. The number of fused-ring (bicyclic) bond motifs is 2. The second-order valence-corrected chi connectivity index (χ2v) is 10.9. The second kappa shape index (κ2) is 7.98. The molecule has 2 aliphatic heterocycles. The van der Waals surface area contributed by atoms with Crippen molar-refractivity contribution >= 4 is 21.5 Å². The predicted octanol–water partition coefficient (Wildman–Crippen LogP) is 3.41. The summed E-state index contributed by atoms with van der Waals surface area (Å²) < 4.78 is 47.1. The summed E-state index contributed by atoms with van der Waals surface area (Å²) >= 11 is 0. The van der Waals surface area contributed by atoms with Crippen molar-refractivity contribution in [2.24, 2.45) is 0 Å². The Bertz CT molecular complexity index is 1180. The van der Waals surface area contributed by atoms with Crippen LogP contribution in [-0.4, -0.2) is 46.1 Å². The molecule has 3 fully saturated rings. The van der Waals surface area contributed by atoms with E-state index in [1.165, 1.54) is 18.5 Å². The zero-order valence-electron chi connectivity index (χ0n) is 17.7. The average molecular weight is 458 g/mol. The van der Waals surface area contributed by atoms with E-state index in [1.807, 2.05) is 13.0 Å². The van der Waals surface area contributed by atoms with Crippen LogP contribution in [0.2, 0.25) is 0 Å². The lowest BCUT2D eigenvalue weighted by Crippen LogP contribution is -2.50.